The highest BCUT2D eigenvalue weighted by atomic mass is 16.3. The maximum Gasteiger partial charge on any atom is 0.190 e. The number of phenolic OH excluding ortho intramolecular Hbond substituents is 1. The van der Waals surface area contributed by atoms with Crippen LogP contribution in [0.4, 0.5) is 0 Å². The van der Waals surface area contributed by atoms with Crippen molar-refractivity contribution < 1.29 is 34.2 Å². The Morgan fingerprint density at radius 2 is 1.63 bits per heavy atom. The second-order valence-corrected chi connectivity index (χ2v) is 13.3. The zero-order valence-electron chi connectivity index (χ0n) is 24.3. The Balaban J connectivity index is 1.60. The van der Waals surface area contributed by atoms with E-state index in [1.54, 1.807) is 20.8 Å². The van der Waals surface area contributed by atoms with Crippen molar-refractivity contribution in [2.24, 2.45) is 34.5 Å². The molecule has 216 valence electrons. The van der Waals surface area contributed by atoms with Crippen molar-refractivity contribution in [3.63, 3.8) is 0 Å². The molecule has 2 saturated carbocycles. The molecule has 0 saturated heterocycles. The number of hydrogen-bond acceptors (Lipinski definition) is 7. The molecule has 2 aromatic rings. The Kier molecular flexibility index (Phi) is 6.97. The van der Waals surface area contributed by atoms with Crippen molar-refractivity contribution in [2.75, 3.05) is 0 Å². The van der Waals surface area contributed by atoms with E-state index < -0.39 is 63.1 Å². The van der Waals surface area contributed by atoms with E-state index in [2.05, 4.69) is 12.1 Å². The van der Waals surface area contributed by atoms with Crippen LogP contribution in [0.2, 0.25) is 0 Å². The van der Waals surface area contributed by atoms with E-state index in [0.717, 1.165) is 25.3 Å². The number of aromatic hydroxyl groups is 1. The van der Waals surface area contributed by atoms with Crippen LogP contribution in [0.25, 0.3) is 0 Å². The molecule has 7 nitrogen and oxygen atoms in total. The first-order valence-corrected chi connectivity index (χ1v) is 14.5. The molecule has 3 aliphatic carbocycles. The molecule has 0 aliphatic heterocycles. The third kappa shape index (κ3) is 4.07. The normalized spacial score (nSPS) is 32.9. The minimum atomic E-state index is -2.67. The van der Waals surface area contributed by atoms with Gasteiger partial charge in [0.25, 0.3) is 0 Å². The number of Topliss-reactive ketones (excluding diaryl/α,β-unsaturated/α-hetero) is 5. The maximum atomic E-state index is 14.3. The summed E-state index contributed by atoms with van der Waals surface area (Å²) < 4.78 is 0. The first-order valence-electron chi connectivity index (χ1n) is 14.5. The summed E-state index contributed by atoms with van der Waals surface area (Å²) in [5.74, 6) is -8.69. The monoisotopic (exact) mass is 558 g/mol. The molecule has 7 heteroatoms. The van der Waals surface area contributed by atoms with Gasteiger partial charge in [-0.3, -0.25) is 24.0 Å². The molecule has 0 heterocycles. The van der Waals surface area contributed by atoms with Crippen molar-refractivity contribution in [1.29, 1.82) is 0 Å². The van der Waals surface area contributed by atoms with Crippen molar-refractivity contribution in [2.45, 2.75) is 72.3 Å². The second kappa shape index (κ2) is 9.83. The van der Waals surface area contributed by atoms with Crippen molar-refractivity contribution in [3.05, 3.63) is 64.7 Å². The second-order valence-electron chi connectivity index (χ2n) is 13.3. The summed E-state index contributed by atoms with van der Waals surface area (Å²) in [6.45, 7) is 8.07. The van der Waals surface area contributed by atoms with Crippen molar-refractivity contribution >= 4 is 28.9 Å². The molecule has 2 N–H and O–H groups in total. The van der Waals surface area contributed by atoms with Crippen LogP contribution in [0.5, 0.6) is 5.75 Å². The largest absolute Gasteiger partial charge is 0.507 e. The third-order valence-corrected chi connectivity index (χ3v) is 10.1. The molecule has 0 spiro atoms. The number of rotatable bonds is 6. The fourth-order valence-corrected chi connectivity index (χ4v) is 8.56. The van der Waals surface area contributed by atoms with Gasteiger partial charge in [-0.25, -0.2) is 0 Å². The number of aliphatic hydroxyl groups is 1. The van der Waals surface area contributed by atoms with Crippen LogP contribution >= 0.6 is 0 Å². The minimum Gasteiger partial charge on any atom is -0.507 e. The van der Waals surface area contributed by atoms with E-state index >= 15 is 0 Å². The van der Waals surface area contributed by atoms with E-state index in [4.69, 9.17) is 0 Å². The van der Waals surface area contributed by atoms with Crippen LogP contribution in [-0.4, -0.2) is 44.7 Å². The number of fused-ring (bicyclic) bond motifs is 3. The fourth-order valence-electron chi connectivity index (χ4n) is 8.56. The van der Waals surface area contributed by atoms with Crippen LogP contribution in [-0.2, 0) is 38.4 Å². The van der Waals surface area contributed by atoms with E-state index in [-0.39, 0.29) is 30.1 Å². The first kappa shape index (κ1) is 29.1. The number of phenols is 1. The maximum absolute atomic E-state index is 14.3. The van der Waals surface area contributed by atoms with Gasteiger partial charge in [0.2, 0.25) is 0 Å². The molecule has 2 fully saturated rings. The van der Waals surface area contributed by atoms with Gasteiger partial charge in [0.1, 0.15) is 17.5 Å². The molecule has 3 aliphatic rings. The van der Waals surface area contributed by atoms with E-state index in [1.807, 2.05) is 31.2 Å². The molecule has 6 atom stereocenters. The Hall–Kier alpha value is -3.45. The minimum absolute atomic E-state index is 0.0577. The van der Waals surface area contributed by atoms with Gasteiger partial charge in [0.15, 0.2) is 28.7 Å². The zero-order valence-corrected chi connectivity index (χ0v) is 24.3. The highest BCUT2D eigenvalue weighted by Gasteiger charge is 2.76. The van der Waals surface area contributed by atoms with E-state index in [9.17, 15) is 34.2 Å². The Morgan fingerprint density at radius 3 is 2.24 bits per heavy atom. The topological polar surface area (TPSA) is 126 Å². The molecule has 0 amide bonds. The van der Waals surface area contributed by atoms with Gasteiger partial charge >= 0.3 is 0 Å². The lowest BCUT2D eigenvalue weighted by atomic mass is 9.40. The van der Waals surface area contributed by atoms with Gasteiger partial charge < -0.3 is 10.2 Å². The van der Waals surface area contributed by atoms with Gasteiger partial charge in [-0.2, -0.15) is 0 Å². The molecular formula is C34H38O7. The van der Waals surface area contributed by atoms with Crippen LogP contribution in [0, 0.1) is 34.5 Å². The van der Waals surface area contributed by atoms with Crippen LogP contribution in [0.3, 0.4) is 0 Å². The molecule has 0 radical (unpaired) electrons. The van der Waals surface area contributed by atoms with Crippen LogP contribution in [0.15, 0.2) is 42.5 Å². The van der Waals surface area contributed by atoms with E-state index in [1.165, 1.54) is 11.6 Å². The lowest BCUT2D eigenvalue weighted by molar-refractivity contribution is -0.205. The fraction of sp³-hybridized carbons (Fsp3) is 0.500. The summed E-state index contributed by atoms with van der Waals surface area (Å²) in [4.78, 5) is 68.3. The number of hydrogen-bond donors (Lipinski definition) is 2. The van der Waals surface area contributed by atoms with Gasteiger partial charge in [-0.15, -0.1) is 0 Å². The number of benzene rings is 2. The van der Waals surface area contributed by atoms with Crippen LogP contribution < -0.4 is 0 Å². The number of aryl methyl sites for hydroxylation is 2. The summed E-state index contributed by atoms with van der Waals surface area (Å²) in [6.07, 6.45) is 2.64. The highest BCUT2D eigenvalue weighted by molar-refractivity contribution is 6.32. The molecule has 0 aromatic heterocycles. The van der Waals surface area contributed by atoms with Crippen molar-refractivity contribution in [1.82, 2.24) is 0 Å². The molecule has 3 unspecified atom stereocenters. The van der Waals surface area contributed by atoms with Gasteiger partial charge in [-0.05, 0) is 73.1 Å². The summed E-state index contributed by atoms with van der Waals surface area (Å²) in [5.41, 5.74) is -2.34. The summed E-state index contributed by atoms with van der Waals surface area (Å²) >= 11 is 0. The predicted octanol–water partition coefficient (Wildman–Crippen LogP) is 4.27. The number of carbonyl (C=O) groups excluding carboxylic acids is 5. The quantitative estimate of drug-likeness (QED) is 0.507. The predicted molar refractivity (Wildman–Crippen MR) is 151 cm³/mol. The van der Waals surface area contributed by atoms with Crippen molar-refractivity contribution in [3.8, 4) is 5.75 Å². The average molecular weight is 559 g/mol. The SMILES string of the molecule is CC(=O)C1C(=O)C(C(C)C)[C@@]2(C)C[C@@]3(C)Cc4c(CCCc5ccccc5)ccc(O)c4C(=O)C3C(=O)[C@@]2(O)C1=O. The van der Waals surface area contributed by atoms with Gasteiger partial charge in [0, 0.05) is 11.3 Å². The van der Waals surface area contributed by atoms with Gasteiger partial charge in [-0.1, -0.05) is 64.1 Å². The molecular weight excluding hydrogens is 520 g/mol. The summed E-state index contributed by atoms with van der Waals surface area (Å²) in [5, 5.41) is 22.9. The third-order valence-electron chi connectivity index (χ3n) is 10.1. The zero-order chi connectivity index (χ0) is 30.1. The molecule has 2 aromatic carbocycles. The lowest BCUT2D eigenvalue weighted by Gasteiger charge is -2.61. The first-order chi connectivity index (χ1) is 19.2. The summed E-state index contributed by atoms with van der Waals surface area (Å²) in [7, 11) is 0. The van der Waals surface area contributed by atoms with Gasteiger partial charge in [0.05, 0.1) is 11.5 Å². The van der Waals surface area contributed by atoms with Crippen LogP contribution in [0.1, 0.15) is 74.5 Å². The molecule has 0 bridgehead atoms. The lowest BCUT2D eigenvalue weighted by Crippen LogP contribution is -2.76. The number of carbonyl (C=O) groups is 5. The standard InChI is InChI=1S/C34H38O7/c1-18(2)26-28(37)24(19(3)35)30(39)34(41)31(40)27-29(38)25-22(16-32(27,4)17-33(26,34)5)21(14-15-23(25)36)13-9-12-20-10-7-6-8-11-20/h6-8,10-11,14-15,18,24,26-27,36,41H,9,12-13,16-17H2,1-5H3/t24?,26?,27?,32-,33-,34+/m1/s1. The Labute approximate surface area is 240 Å². The Morgan fingerprint density at radius 1 is 0.976 bits per heavy atom. The summed E-state index contributed by atoms with van der Waals surface area (Å²) in [6, 6.07) is 13.4. The average Bonchev–Trinajstić information content (AvgIpc) is 2.87. The highest BCUT2D eigenvalue weighted by Crippen LogP contribution is 2.63. The molecule has 5 rings (SSSR count). The molecule has 41 heavy (non-hydrogen) atoms. The van der Waals surface area contributed by atoms with E-state index in [0.29, 0.717) is 12.0 Å². The smallest absolute Gasteiger partial charge is 0.190 e. The Bertz CT molecular complexity index is 1470. The number of ketones is 5.